The molecule has 0 radical (unpaired) electrons. The zero-order valence-corrected chi connectivity index (χ0v) is 10.1. The van der Waals surface area contributed by atoms with Gasteiger partial charge in [-0.15, -0.1) is 0 Å². The first kappa shape index (κ1) is 11.4. The minimum Gasteiger partial charge on any atom is -0.326 e. The van der Waals surface area contributed by atoms with Crippen LogP contribution in [-0.4, -0.2) is 30.5 Å². The molecular formula is C9H16N4O2S. The Bertz CT molecular complexity index is 480. The van der Waals surface area contributed by atoms with Gasteiger partial charge in [-0.1, -0.05) is 0 Å². The number of hydrogen-bond donors (Lipinski definition) is 1. The Morgan fingerprint density at radius 2 is 2.25 bits per heavy atom. The monoisotopic (exact) mass is 244 g/mol. The number of anilines is 1. The Kier molecular flexibility index (Phi) is 2.90. The van der Waals surface area contributed by atoms with Gasteiger partial charge in [-0.25, -0.2) is 8.42 Å². The van der Waals surface area contributed by atoms with E-state index < -0.39 is 10.0 Å². The summed E-state index contributed by atoms with van der Waals surface area (Å²) in [5, 5.41) is 4.18. The number of aromatic nitrogens is 2. The molecule has 0 atom stereocenters. The maximum Gasteiger partial charge on any atom is 0.236 e. The van der Waals surface area contributed by atoms with Crippen molar-refractivity contribution in [1.29, 1.82) is 0 Å². The van der Waals surface area contributed by atoms with Crippen LogP contribution < -0.4 is 10.0 Å². The van der Waals surface area contributed by atoms with E-state index in [1.54, 1.807) is 17.9 Å². The zero-order valence-electron chi connectivity index (χ0n) is 9.26. The lowest BCUT2D eigenvalue weighted by Crippen LogP contribution is -2.38. The van der Waals surface area contributed by atoms with Crippen LogP contribution in [0.25, 0.3) is 0 Å². The third-order valence-electron chi connectivity index (χ3n) is 2.69. The minimum atomic E-state index is -3.19. The van der Waals surface area contributed by atoms with Crippen LogP contribution >= 0.6 is 0 Å². The lowest BCUT2D eigenvalue weighted by molar-refractivity contribution is 0.572. The molecule has 2 rings (SSSR count). The molecule has 0 unspecified atom stereocenters. The second kappa shape index (κ2) is 4.06. The molecule has 1 aliphatic rings. The fourth-order valence-electron chi connectivity index (χ4n) is 1.91. The largest absolute Gasteiger partial charge is 0.326 e. The van der Waals surface area contributed by atoms with E-state index in [2.05, 4.69) is 5.10 Å². The van der Waals surface area contributed by atoms with Crippen molar-refractivity contribution in [3.05, 3.63) is 11.8 Å². The third kappa shape index (κ3) is 1.92. The quantitative estimate of drug-likeness (QED) is 0.781. The van der Waals surface area contributed by atoms with Gasteiger partial charge in [0, 0.05) is 31.9 Å². The summed E-state index contributed by atoms with van der Waals surface area (Å²) in [4.78, 5) is 0. The molecule has 1 aliphatic heterocycles. The van der Waals surface area contributed by atoms with Gasteiger partial charge in [0.2, 0.25) is 10.0 Å². The van der Waals surface area contributed by atoms with Crippen LogP contribution in [0.15, 0.2) is 6.20 Å². The summed E-state index contributed by atoms with van der Waals surface area (Å²) in [5.74, 6) is 0.692. The number of nitrogens with two attached hydrogens (primary N) is 1. The molecule has 0 amide bonds. The van der Waals surface area contributed by atoms with Crippen molar-refractivity contribution >= 4 is 15.8 Å². The average Bonchev–Trinajstić information content (AvgIpc) is 2.58. The predicted octanol–water partition coefficient (Wildman–Crippen LogP) is -0.191. The van der Waals surface area contributed by atoms with Crippen LogP contribution in [0.5, 0.6) is 0 Å². The Hall–Kier alpha value is -1.08. The van der Waals surface area contributed by atoms with Crippen molar-refractivity contribution in [2.45, 2.75) is 19.4 Å². The highest BCUT2D eigenvalue weighted by molar-refractivity contribution is 7.92. The van der Waals surface area contributed by atoms with Crippen molar-refractivity contribution in [1.82, 2.24) is 9.78 Å². The van der Waals surface area contributed by atoms with E-state index in [-0.39, 0.29) is 5.75 Å². The summed E-state index contributed by atoms with van der Waals surface area (Å²) in [6.45, 7) is 0.807. The van der Waals surface area contributed by atoms with Crippen LogP contribution in [-0.2, 0) is 23.6 Å². The molecule has 0 aliphatic carbocycles. The Morgan fingerprint density at radius 3 is 2.88 bits per heavy atom. The number of nitrogens with zero attached hydrogens (tertiary/aromatic N) is 3. The van der Waals surface area contributed by atoms with Gasteiger partial charge >= 0.3 is 0 Å². The highest BCUT2D eigenvalue weighted by atomic mass is 32.2. The molecule has 1 saturated heterocycles. The van der Waals surface area contributed by atoms with Crippen molar-refractivity contribution in [3.8, 4) is 0 Å². The minimum absolute atomic E-state index is 0.202. The number of hydrogen-bond acceptors (Lipinski definition) is 4. The second-order valence-electron chi connectivity index (χ2n) is 3.95. The smallest absolute Gasteiger partial charge is 0.236 e. The molecule has 0 aromatic carbocycles. The van der Waals surface area contributed by atoms with Gasteiger partial charge in [0.05, 0.1) is 5.75 Å². The molecule has 1 aromatic heterocycles. The third-order valence-corrected chi connectivity index (χ3v) is 4.52. The van der Waals surface area contributed by atoms with Gasteiger partial charge in [-0.2, -0.15) is 5.10 Å². The molecule has 2 heterocycles. The fourth-order valence-corrected chi connectivity index (χ4v) is 3.52. The van der Waals surface area contributed by atoms with E-state index in [0.717, 1.165) is 18.4 Å². The van der Waals surface area contributed by atoms with Crippen molar-refractivity contribution in [2.75, 3.05) is 16.6 Å². The van der Waals surface area contributed by atoms with Crippen molar-refractivity contribution in [3.63, 3.8) is 0 Å². The van der Waals surface area contributed by atoms with Gasteiger partial charge in [-0.05, 0) is 12.8 Å². The van der Waals surface area contributed by atoms with Crippen LogP contribution in [0.1, 0.15) is 18.4 Å². The highest BCUT2D eigenvalue weighted by Gasteiger charge is 2.29. The van der Waals surface area contributed by atoms with Gasteiger partial charge < -0.3 is 5.73 Å². The molecule has 16 heavy (non-hydrogen) atoms. The van der Waals surface area contributed by atoms with Crippen LogP contribution in [0.4, 0.5) is 5.82 Å². The summed E-state index contributed by atoms with van der Waals surface area (Å²) in [5.41, 5.74) is 6.36. The molecule has 90 valence electrons. The summed E-state index contributed by atoms with van der Waals surface area (Å²) >= 11 is 0. The molecule has 1 aromatic rings. The Balaban J connectivity index is 2.42. The highest BCUT2D eigenvalue weighted by Crippen LogP contribution is 2.24. The lowest BCUT2D eigenvalue weighted by Gasteiger charge is -2.26. The SMILES string of the molecule is Cn1cc(CN)c(N2CCCCS2(=O)=O)n1. The molecule has 0 bridgehead atoms. The van der Waals surface area contributed by atoms with Crippen LogP contribution in [0.3, 0.4) is 0 Å². The lowest BCUT2D eigenvalue weighted by atomic mass is 10.3. The molecule has 1 fully saturated rings. The van der Waals surface area contributed by atoms with E-state index >= 15 is 0 Å². The van der Waals surface area contributed by atoms with Crippen molar-refractivity contribution in [2.24, 2.45) is 12.8 Å². The van der Waals surface area contributed by atoms with E-state index in [4.69, 9.17) is 5.73 Å². The average molecular weight is 244 g/mol. The fraction of sp³-hybridized carbons (Fsp3) is 0.667. The second-order valence-corrected chi connectivity index (χ2v) is 5.96. The first-order valence-corrected chi connectivity index (χ1v) is 6.88. The summed E-state index contributed by atoms with van der Waals surface area (Å²) in [6.07, 6.45) is 3.36. The first-order chi connectivity index (χ1) is 7.54. The molecule has 2 N–H and O–H groups in total. The van der Waals surface area contributed by atoms with Gasteiger partial charge in [0.1, 0.15) is 0 Å². The van der Waals surface area contributed by atoms with E-state index in [1.165, 1.54) is 4.31 Å². The van der Waals surface area contributed by atoms with E-state index in [9.17, 15) is 8.42 Å². The maximum atomic E-state index is 11.9. The Labute approximate surface area is 95.1 Å². The number of aryl methyl sites for hydroxylation is 1. The molecule has 0 spiro atoms. The van der Waals surface area contributed by atoms with E-state index in [1.807, 2.05) is 0 Å². The maximum absolute atomic E-state index is 11.9. The topological polar surface area (TPSA) is 81.2 Å². The van der Waals surface area contributed by atoms with E-state index in [0.29, 0.717) is 18.9 Å². The predicted molar refractivity (Wildman–Crippen MR) is 61.5 cm³/mol. The standard InChI is InChI=1S/C9H16N4O2S/c1-12-7-8(6-10)9(11-12)13-4-2-3-5-16(13,14)15/h7H,2-6,10H2,1H3. The molecule has 7 heteroatoms. The van der Waals surface area contributed by atoms with Crippen molar-refractivity contribution < 1.29 is 8.42 Å². The van der Waals surface area contributed by atoms with Gasteiger partial charge in [0.25, 0.3) is 0 Å². The summed E-state index contributed by atoms with van der Waals surface area (Å²) in [6, 6.07) is 0. The summed E-state index contributed by atoms with van der Waals surface area (Å²) < 4.78 is 26.8. The number of sulfonamides is 1. The number of rotatable bonds is 2. The van der Waals surface area contributed by atoms with Gasteiger partial charge in [-0.3, -0.25) is 8.99 Å². The zero-order chi connectivity index (χ0) is 11.8. The summed E-state index contributed by atoms with van der Waals surface area (Å²) in [7, 11) is -1.43. The van der Waals surface area contributed by atoms with Crippen LogP contribution in [0, 0.1) is 0 Å². The molecular weight excluding hydrogens is 228 g/mol. The molecule has 0 saturated carbocycles. The Morgan fingerprint density at radius 1 is 1.50 bits per heavy atom. The normalized spacial score (nSPS) is 20.0. The molecule has 6 nitrogen and oxygen atoms in total. The van der Waals surface area contributed by atoms with Gasteiger partial charge in [0.15, 0.2) is 5.82 Å². The first-order valence-electron chi connectivity index (χ1n) is 5.27. The van der Waals surface area contributed by atoms with Crippen LogP contribution in [0.2, 0.25) is 0 Å².